The van der Waals surface area contributed by atoms with E-state index in [0.717, 1.165) is 11.1 Å². The van der Waals surface area contributed by atoms with Crippen molar-refractivity contribution >= 4 is 39.5 Å². The molecule has 1 saturated heterocycles. The number of piperazine rings is 1. The monoisotopic (exact) mass is 450 g/mol. The van der Waals surface area contributed by atoms with Gasteiger partial charge in [-0.05, 0) is 36.3 Å². The fraction of sp³-hybridized carbons (Fsp3) is 0.300. The molecule has 2 N–H and O–H groups in total. The van der Waals surface area contributed by atoms with Crippen molar-refractivity contribution in [3.63, 3.8) is 0 Å². The standard InChI is InChI=1S/C20H23ClN4O4S/c1-14-3-4-15(11-17(14)21)5-6-19(26)24-7-9-25(10-8-24)30(28,29)16-12-18(20(22)27)23(2)13-16/h3-6,11-13H,7-10H2,1-2H3,(H2,22,27)/b6-5+. The summed E-state index contributed by atoms with van der Waals surface area (Å²) in [4.78, 5) is 25.5. The van der Waals surface area contributed by atoms with Crippen molar-refractivity contribution in [3.05, 3.63) is 58.4 Å². The van der Waals surface area contributed by atoms with Gasteiger partial charge in [0.15, 0.2) is 0 Å². The van der Waals surface area contributed by atoms with Gasteiger partial charge in [-0.1, -0.05) is 23.7 Å². The summed E-state index contributed by atoms with van der Waals surface area (Å²) in [6, 6.07) is 6.80. The van der Waals surface area contributed by atoms with Gasteiger partial charge in [0.2, 0.25) is 15.9 Å². The van der Waals surface area contributed by atoms with Gasteiger partial charge >= 0.3 is 0 Å². The number of carbonyl (C=O) groups excluding carboxylic acids is 2. The Kier molecular flexibility index (Phi) is 6.35. The minimum Gasteiger partial charge on any atom is -0.364 e. The zero-order valence-electron chi connectivity index (χ0n) is 16.7. The molecular formula is C20H23ClN4O4S. The quantitative estimate of drug-likeness (QED) is 0.699. The zero-order chi connectivity index (χ0) is 22.1. The van der Waals surface area contributed by atoms with E-state index in [2.05, 4.69) is 0 Å². The summed E-state index contributed by atoms with van der Waals surface area (Å²) in [5.74, 6) is -0.893. The van der Waals surface area contributed by atoms with E-state index >= 15 is 0 Å². The molecule has 2 heterocycles. The van der Waals surface area contributed by atoms with Crippen LogP contribution in [0.15, 0.2) is 41.4 Å². The first-order valence-electron chi connectivity index (χ1n) is 9.29. The van der Waals surface area contributed by atoms with Gasteiger partial charge < -0.3 is 15.2 Å². The molecule has 0 radical (unpaired) electrons. The lowest BCUT2D eigenvalue weighted by atomic mass is 10.1. The third-order valence-corrected chi connectivity index (χ3v) is 7.31. The van der Waals surface area contributed by atoms with E-state index in [9.17, 15) is 18.0 Å². The van der Waals surface area contributed by atoms with Crippen LogP contribution in [0.2, 0.25) is 5.02 Å². The molecule has 0 aliphatic carbocycles. The van der Waals surface area contributed by atoms with Crippen molar-refractivity contribution in [2.24, 2.45) is 12.8 Å². The number of nitrogens with zero attached hydrogens (tertiary/aromatic N) is 3. The van der Waals surface area contributed by atoms with Crippen molar-refractivity contribution in [1.29, 1.82) is 0 Å². The predicted octanol–water partition coefficient (Wildman–Crippen LogP) is 1.63. The fourth-order valence-corrected chi connectivity index (χ4v) is 4.89. The maximum absolute atomic E-state index is 12.9. The highest BCUT2D eigenvalue weighted by molar-refractivity contribution is 7.89. The Labute approximate surface area is 180 Å². The summed E-state index contributed by atoms with van der Waals surface area (Å²) in [6.07, 6.45) is 4.51. The zero-order valence-corrected chi connectivity index (χ0v) is 18.3. The van der Waals surface area contributed by atoms with Crippen LogP contribution in [0.4, 0.5) is 0 Å². The molecule has 2 aromatic rings. The Bertz CT molecular complexity index is 1120. The number of nitrogens with two attached hydrogens (primary N) is 1. The number of amides is 2. The third kappa shape index (κ3) is 4.58. The molecule has 1 fully saturated rings. The largest absolute Gasteiger partial charge is 0.364 e. The van der Waals surface area contributed by atoms with E-state index in [1.54, 1.807) is 24.1 Å². The molecule has 1 aliphatic rings. The summed E-state index contributed by atoms with van der Waals surface area (Å²) in [5, 5.41) is 0.629. The van der Waals surface area contributed by atoms with Crippen LogP contribution < -0.4 is 5.73 Å². The Morgan fingerprint density at radius 1 is 1.13 bits per heavy atom. The summed E-state index contributed by atoms with van der Waals surface area (Å²) in [7, 11) is -2.22. The van der Waals surface area contributed by atoms with Gasteiger partial charge in [0.1, 0.15) is 10.6 Å². The van der Waals surface area contributed by atoms with E-state index in [1.165, 1.54) is 27.2 Å². The highest BCUT2D eigenvalue weighted by Gasteiger charge is 2.31. The lowest BCUT2D eigenvalue weighted by molar-refractivity contribution is -0.127. The van der Waals surface area contributed by atoms with Crippen molar-refractivity contribution in [1.82, 2.24) is 13.8 Å². The van der Waals surface area contributed by atoms with E-state index in [0.29, 0.717) is 5.02 Å². The molecule has 8 nitrogen and oxygen atoms in total. The first-order valence-corrected chi connectivity index (χ1v) is 11.1. The molecule has 0 bridgehead atoms. The van der Waals surface area contributed by atoms with Gasteiger partial charge in [0.05, 0.1) is 0 Å². The number of aromatic nitrogens is 1. The highest BCUT2D eigenvalue weighted by atomic mass is 35.5. The van der Waals surface area contributed by atoms with E-state index in [-0.39, 0.29) is 42.7 Å². The van der Waals surface area contributed by atoms with Gasteiger partial charge in [-0.15, -0.1) is 0 Å². The van der Waals surface area contributed by atoms with Gasteiger partial charge in [-0.3, -0.25) is 9.59 Å². The lowest BCUT2D eigenvalue weighted by Gasteiger charge is -2.33. The average Bonchev–Trinajstić information content (AvgIpc) is 3.11. The van der Waals surface area contributed by atoms with Crippen LogP contribution in [0, 0.1) is 6.92 Å². The van der Waals surface area contributed by atoms with Gasteiger partial charge in [-0.2, -0.15) is 4.31 Å². The van der Waals surface area contributed by atoms with Crippen LogP contribution in [-0.4, -0.2) is 60.2 Å². The molecule has 1 aromatic carbocycles. The number of hydrogen-bond acceptors (Lipinski definition) is 4. The molecule has 0 spiro atoms. The van der Waals surface area contributed by atoms with Crippen molar-refractivity contribution in [2.45, 2.75) is 11.8 Å². The minimum atomic E-state index is -3.78. The van der Waals surface area contributed by atoms with E-state index in [1.807, 2.05) is 19.1 Å². The molecule has 1 aromatic heterocycles. The molecule has 3 rings (SSSR count). The number of halogens is 1. The van der Waals surface area contributed by atoms with Gasteiger partial charge in [0.25, 0.3) is 5.91 Å². The number of carbonyl (C=O) groups is 2. The van der Waals surface area contributed by atoms with Crippen LogP contribution in [0.25, 0.3) is 6.08 Å². The van der Waals surface area contributed by atoms with Gasteiger partial charge in [-0.25, -0.2) is 8.42 Å². The third-order valence-electron chi connectivity index (χ3n) is 5.03. The fourth-order valence-electron chi connectivity index (χ4n) is 3.20. The number of benzene rings is 1. The number of sulfonamides is 1. The molecule has 0 saturated carbocycles. The molecule has 1 aliphatic heterocycles. The Morgan fingerprint density at radius 3 is 2.37 bits per heavy atom. The normalized spacial score (nSPS) is 15.6. The van der Waals surface area contributed by atoms with E-state index in [4.69, 9.17) is 17.3 Å². The van der Waals surface area contributed by atoms with Crippen molar-refractivity contribution in [3.8, 4) is 0 Å². The highest BCUT2D eigenvalue weighted by Crippen LogP contribution is 2.21. The summed E-state index contributed by atoms with van der Waals surface area (Å²) < 4.78 is 28.4. The number of hydrogen-bond donors (Lipinski definition) is 1. The van der Waals surface area contributed by atoms with Crippen LogP contribution in [0.3, 0.4) is 0 Å². The molecule has 10 heteroatoms. The number of aryl methyl sites for hydroxylation is 2. The maximum atomic E-state index is 12.9. The second-order valence-corrected chi connectivity index (χ2v) is 9.45. The lowest BCUT2D eigenvalue weighted by Crippen LogP contribution is -2.50. The van der Waals surface area contributed by atoms with Gasteiger partial charge in [0, 0.05) is 50.5 Å². The molecular weight excluding hydrogens is 428 g/mol. The number of primary amides is 1. The molecule has 0 unspecified atom stereocenters. The molecule has 160 valence electrons. The first-order chi connectivity index (χ1) is 14.1. The average molecular weight is 451 g/mol. The van der Waals surface area contributed by atoms with Crippen LogP contribution in [0.5, 0.6) is 0 Å². The predicted molar refractivity (Wildman–Crippen MR) is 114 cm³/mol. The van der Waals surface area contributed by atoms with Crippen molar-refractivity contribution in [2.75, 3.05) is 26.2 Å². The Balaban J connectivity index is 1.64. The summed E-state index contributed by atoms with van der Waals surface area (Å²) >= 11 is 6.10. The number of rotatable bonds is 5. The second kappa shape index (κ2) is 8.63. The maximum Gasteiger partial charge on any atom is 0.265 e. The molecule has 30 heavy (non-hydrogen) atoms. The van der Waals surface area contributed by atoms with Crippen LogP contribution in [-0.2, 0) is 21.9 Å². The second-order valence-electron chi connectivity index (χ2n) is 7.11. The Morgan fingerprint density at radius 2 is 1.80 bits per heavy atom. The SMILES string of the molecule is Cc1ccc(/C=C/C(=O)N2CCN(S(=O)(=O)c3cc(C(N)=O)n(C)c3)CC2)cc1Cl. The smallest absolute Gasteiger partial charge is 0.265 e. The minimum absolute atomic E-state index is 0.00900. The molecule has 0 atom stereocenters. The summed E-state index contributed by atoms with van der Waals surface area (Å²) in [6.45, 7) is 2.77. The topological polar surface area (TPSA) is 106 Å². The first kappa shape index (κ1) is 22.1. The van der Waals surface area contributed by atoms with Crippen LogP contribution >= 0.6 is 11.6 Å². The molecule has 2 amide bonds. The van der Waals surface area contributed by atoms with E-state index < -0.39 is 15.9 Å². The Hall–Kier alpha value is -2.62. The van der Waals surface area contributed by atoms with Crippen molar-refractivity contribution < 1.29 is 18.0 Å². The summed E-state index contributed by atoms with van der Waals surface area (Å²) in [5.41, 5.74) is 7.15. The van der Waals surface area contributed by atoms with Crippen LogP contribution in [0.1, 0.15) is 21.6 Å².